The molecule has 3 fully saturated rings. The highest BCUT2D eigenvalue weighted by atomic mass is 35.5. The molecule has 3 atom stereocenters. The number of hydrogen-bond acceptors (Lipinski definition) is 2. The molecule has 0 aromatic heterocycles. The van der Waals surface area contributed by atoms with Crippen LogP contribution >= 0.6 is 23.4 Å². The van der Waals surface area contributed by atoms with Crippen LogP contribution in [0.15, 0.2) is 17.0 Å². The molecule has 0 saturated heterocycles. The van der Waals surface area contributed by atoms with Gasteiger partial charge in [0.15, 0.2) is 0 Å². The minimum absolute atomic E-state index is 0.188. The number of hydrogen-bond donors (Lipinski definition) is 0. The van der Waals surface area contributed by atoms with E-state index in [0.717, 1.165) is 11.8 Å². The number of halogens is 2. The predicted molar refractivity (Wildman–Crippen MR) is 108 cm³/mol. The first kappa shape index (κ1) is 18.9. The summed E-state index contributed by atoms with van der Waals surface area (Å²) in [5.74, 6) is 2.03. The summed E-state index contributed by atoms with van der Waals surface area (Å²) in [4.78, 5) is 0.674. The van der Waals surface area contributed by atoms with Crippen LogP contribution in [0.5, 0.6) is 5.75 Å². The van der Waals surface area contributed by atoms with Gasteiger partial charge in [0.05, 0.1) is 11.6 Å². The second-order valence-corrected chi connectivity index (χ2v) is 10.9. The van der Waals surface area contributed by atoms with E-state index in [0.29, 0.717) is 27.5 Å². The molecule has 1 aromatic rings. The standard InChI is InChI=1S/C22H30ClFOS/c1-22(12-15-5-4-6-16(9-15)13-22)14-25-20-11-19(24)21(10-18(20)23)26-17-7-2-3-8-17/h10-11,15-17H,2-9,12-14H2,1H3/t15-,16+,22?. The molecule has 1 nitrogen and oxygen atoms in total. The molecule has 0 amide bonds. The molecular formula is C22H30ClFOS. The Labute approximate surface area is 166 Å². The zero-order valence-corrected chi connectivity index (χ0v) is 17.3. The SMILES string of the molecule is CC1(COc2cc(F)c(SC3CCCC3)cc2Cl)C[C@@H]2CCC[C@@H](C2)C1. The second-order valence-electron chi connectivity index (χ2n) is 9.14. The molecule has 1 aromatic carbocycles. The molecule has 4 rings (SSSR count). The lowest BCUT2D eigenvalue weighted by Crippen LogP contribution is -2.37. The highest BCUT2D eigenvalue weighted by Gasteiger charge is 2.39. The Morgan fingerprint density at radius 2 is 1.81 bits per heavy atom. The van der Waals surface area contributed by atoms with E-state index < -0.39 is 0 Å². The first-order chi connectivity index (χ1) is 12.5. The molecule has 3 aliphatic rings. The lowest BCUT2D eigenvalue weighted by molar-refractivity contribution is 0.0297. The number of benzene rings is 1. The highest BCUT2D eigenvalue weighted by Crippen LogP contribution is 2.49. The first-order valence-corrected chi connectivity index (χ1v) is 11.5. The summed E-state index contributed by atoms with van der Waals surface area (Å²) in [6.45, 7) is 2.99. The minimum Gasteiger partial charge on any atom is -0.491 e. The van der Waals surface area contributed by atoms with Gasteiger partial charge < -0.3 is 4.74 Å². The van der Waals surface area contributed by atoms with Crippen LogP contribution in [-0.2, 0) is 0 Å². The van der Waals surface area contributed by atoms with Crippen molar-refractivity contribution in [3.8, 4) is 5.75 Å². The zero-order chi connectivity index (χ0) is 18.1. The first-order valence-electron chi connectivity index (χ1n) is 10.3. The van der Waals surface area contributed by atoms with Gasteiger partial charge in [0.25, 0.3) is 0 Å². The van der Waals surface area contributed by atoms with Crippen LogP contribution in [0.3, 0.4) is 0 Å². The third-order valence-corrected chi connectivity index (χ3v) is 8.28. The molecule has 0 N–H and O–H groups in total. The van der Waals surface area contributed by atoms with Crippen molar-refractivity contribution in [1.82, 2.24) is 0 Å². The molecule has 144 valence electrons. The summed E-state index contributed by atoms with van der Waals surface area (Å²) >= 11 is 8.08. The van der Waals surface area contributed by atoms with Crippen LogP contribution in [-0.4, -0.2) is 11.9 Å². The summed E-state index contributed by atoms with van der Waals surface area (Å²) in [6, 6.07) is 3.28. The van der Waals surface area contributed by atoms with Crippen LogP contribution in [0.25, 0.3) is 0 Å². The van der Waals surface area contributed by atoms with E-state index in [4.69, 9.17) is 16.3 Å². The Morgan fingerprint density at radius 3 is 2.50 bits per heavy atom. The third kappa shape index (κ3) is 4.35. The van der Waals surface area contributed by atoms with Crippen molar-refractivity contribution in [1.29, 1.82) is 0 Å². The largest absolute Gasteiger partial charge is 0.491 e. The summed E-state index contributed by atoms with van der Waals surface area (Å²) in [7, 11) is 0. The van der Waals surface area contributed by atoms with E-state index in [1.807, 2.05) is 0 Å². The van der Waals surface area contributed by atoms with Crippen molar-refractivity contribution in [3.05, 3.63) is 23.0 Å². The lowest BCUT2D eigenvalue weighted by Gasteiger charge is -2.45. The fourth-order valence-corrected chi connectivity index (χ4v) is 7.09. The summed E-state index contributed by atoms with van der Waals surface area (Å²) in [5.41, 5.74) is 0.199. The smallest absolute Gasteiger partial charge is 0.140 e. The Kier molecular flexibility index (Phi) is 5.76. The van der Waals surface area contributed by atoms with E-state index >= 15 is 0 Å². The van der Waals surface area contributed by atoms with Gasteiger partial charge >= 0.3 is 0 Å². The molecule has 4 heteroatoms. The average Bonchev–Trinajstić information content (AvgIpc) is 3.09. The fraction of sp³-hybridized carbons (Fsp3) is 0.727. The van der Waals surface area contributed by atoms with E-state index in [1.165, 1.54) is 70.3 Å². The number of ether oxygens (including phenoxy) is 1. The van der Waals surface area contributed by atoms with Gasteiger partial charge in [-0.2, -0.15) is 0 Å². The van der Waals surface area contributed by atoms with Crippen molar-refractivity contribution in [3.63, 3.8) is 0 Å². The lowest BCUT2D eigenvalue weighted by atomic mass is 9.62. The third-order valence-electron chi connectivity index (χ3n) is 6.61. The van der Waals surface area contributed by atoms with Crippen LogP contribution < -0.4 is 4.74 Å². The molecule has 0 aliphatic heterocycles. The Bertz CT molecular complexity index is 631. The Morgan fingerprint density at radius 1 is 1.12 bits per heavy atom. The van der Waals surface area contributed by atoms with E-state index in [2.05, 4.69) is 6.92 Å². The fourth-order valence-electron chi connectivity index (χ4n) is 5.52. The van der Waals surface area contributed by atoms with Gasteiger partial charge in [-0.25, -0.2) is 4.39 Å². The van der Waals surface area contributed by atoms with E-state index in [-0.39, 0.29) is 11.2 Å². The molecule has 0 spiro atoms. The van der Waals surface area contributed by atoms with Gasteiger partial charge in [-0.05, 0) is 50.0 Å². The number of fused-ring (bicyclic) bond motifs is 2. The molecule has 3 aliphatic carbocycles. The second kappa shape index (κ2) is 7.91. The average molecular weight is 397 g/mol. The minimum atomic E-state index is -0.188. The number of rotatable bonds is 5. The number of thioether (sulfide) groups is 1. The zero-order valence-electron chi connectivity index (χ0n) is 15.7. The molecular weight excluding hydrogens is 367 g/mol. The highest BCUT2D eigenvalue weighted by molar-refractivity contribution is 8.00. The van der Waals surface area contributed by atoms with Crippen molar-refractivity contribution >= 4 is 23.4 Å². The van der Waals surface area contributed by atoms with Gasteiger partial charge in [0.2, 0.25) is 0 Å². The van der Waals surface area contributed by atoms with Gasteiger partial charge in [0.1, 0.15) is 11.6 Å². The van der Waals surface area contributed by atoms with E-state index in [1.54, 1.807) is 17.8 Å². The summed E-state index contributed by atoms with van der Waals surface area (Å²) < 4.78 is 20.6. The summed E-state index contributed by atoms with van der Waals surface area (Å²) in [5, 5.41) is 1.08. The summed E-state index contributed by atoms with van der Waals surface area (Å²) in [6.07, 6.45) is 12.9. The normalized spacial score (nSPS) is 32.0. The van der Waals surface area contributed by atoms with Crippen molar-refractivity contribution in [2.24, 2.45) is 17.3 Å². The van der Waals surface area contributed by atoms with Crippen LogP contribution in [0, 0.1) is 23.1 Å². The van der Waals surface area contributed by atoms with Crippen LogP contribution in [0.2, 0.25) is 5.02 Å². The monoisotopic (exact) mass is 396 g/mol. The maximum Gasteiger partial charge on any atom is 0.140 e. The van der Waals surface area contributed by atoms with Crippen molar-refractivity contribution in [2.75, 3.05) is 6.61 Å². The molecule has 3 saturated carbocycles. The molecule has 1 unspecified atom stereocenters. The molecule has 0 radical (unpaired) electrons. The Balaban J connectivity index is 1.40. The van der Waals surface area contributed by atoms with Gasteiger partial charge in [-0.3, -0.25) is 0 Å². The topological polar surface area (TPSA) is 9.23 Å². The Hall–Kier alpha value is -0.410. The maximum absolute atomic E-state index is 14.6. The van der Waals surface area contributed by atoms with Gasteiger partial charge in [-0.1, -0.05) is 50.6 Å². The molecule has 0 heterocycles. The molecule has 2 bridgehead atoms. The van der Waals surface area contributed by atoms with Gasteiger partial charge in [0, 0.05) is 21.6 Å². The molecule has 26 heavy (non-hydrogen) atoms. The van der Waals surface area contributed by atoms with Crippen LogP contribution in [0.4, 0.5) is 4.39 Å². The quantitative estimate of drug-likeness (QED) is 0.509. The maximum atomic E-state index is 14.6. The van der Waals surface area contributed by atoms with Gasteiger partial charge in [-0.15, -0.1) is 11.8 Å². The van der Waals surface area contributed by atoms with Crippen molar-refractivity contribution in [2.45, 2.75) is 81.3 Å². The van der Waals surface area contributed by atoms with E-state index in [9.17, 15) is 4.39 Å². The van der Waals surface area contributed by atoms with Crippen LogP contribution in [0.1, 0.15) is 71.1 Å². The van der Waals surface area contributed by atoms with Crippen molar-refractivity contribution < 1.29 is 9.13 Å². The predicted octanol–water partition coefficient (Wildman–Crippen LogP) is 7.50.